The van der Waals surface area contributed by atoms with E-state index in [0.717, 1.165) is 29.3 Å². The minimum absolute atomic E-state index is 0.0908. The number of aromatic amines is 1. The van der Waals surface area contributed by atoms with Crippen LogP contribution < -0.4 is 22.5 Å². The first-order valence-electron chi connectivity index (χ1n) is 11.1. The van der Waals surface area contributed by atoms with Crippen LogP contribution in [0.3, 0.4) is 0 Å². The third-order valence-electron chi connectivity index (χ3n) is 5.09. The number of ether oxygens (including phenoxy) is 1. The van der Waals surface area contributed by atoms with Crippen molar-refractivity contribution < 1.29 is 19.1 Å². The molecule has 3 aromatic rings. The van der Waals surface area contributed by atoms with E-state index >= 15 is 0 Å². The summed E-state index contributed by atoms with van der Waals surface area (Å²) < 4.78 is 4.45. The average molecular weight is 481 g/mol. The number of aliphatic imine (C=N–C) groups is 1. The van der Waals surface area contributed by atoms with Crippen molar-refractivity contribution in [2.45, 2.75) is 31.7 Å². The van der Waals surface area contributed by atoms with Crippen LogP contribution in [0.5, 0.6) is 0 Å². The molecule has 10 nitrogen and oxygen atoms in total. The molecule has 3 rings (SSSR count). The highest BCUT2D eigenvalue weighted by molar-refractivity contribution is 5.97. The zero-order valence-electron chi connectivity index (χ0n) is 19.7. The molecule has 0 fully saturated rings. The second-order valence-corrected chi connectivity index (χ2v) is 7.70. The number of primary amides is 1. The number of nitrogens with zero attached hydrogens (tertiary/aromatic N) is 1. The number of carbonyl (C=O) groups is 3. The Morgan fingerprint density at radius 2 is 1.69 bits per heavy atom. The molecule has 35 heavy (non-hydrogen) atoms. The number of para-hydroxylation sites is 1. The van der Waals surface area contributed by atoms with Crippen LogP contribution in [-0.4, -0.2) is 48.4 Å². The summed E-state index contributed by atoms with van der Waals surface area (Å²) in [5.74, 6) is -0.971. The van der Waals surface area contributed by atoms with Crippen LogP contribution in [0.1, 0.15) is 35.2 Å². The number of unbranched alkanes of at least 4 members (excludes halogenated alkanes) is 1. The third-order valence-corrected chi connectivity index (χ3v) is 5.09. The Morgan fingerprint density at radius 3 is 2.34 bits per heavy atom. The summed E-state index contributed by atoms with van der Waals surface area (Å²) in [5, 5.41) is 3.73. The van der Waals surface area contributed by atoms with Crippen molar-refractivity contribution in [1.29, 1.82) is 0 Å². The molecule has 0 aliphatic heterocycles. The van der Waals surface area contributed by atoms with Crippen molar-refractivity contribution in [2.75, 3.05) is 13.7 Å². The van der Waals surface area contributed by atoms with Gasteiger partial charge in [-0.2, -0.15) is 0 Å². The van der Waals surface area contributed by atoms with Gasteiger partial charge in [0.05, 0.1) is 7.11 Å². The van der Waals surface area contributed by atoms with E-state index in [4.69, 9.17) is 17.2 Å². The van der Waals surface area contributed by atoms with Crippen molar-refractivity contribution in [3.8, 4) is 0 Å². The van der Waals surface area contributed by atoms with Crippen LogP contribution in [0.2, 0.25) is 0 Å². The van der Waals surface area contributed by atoms with Crippen LogP contribution in [0.25, 0.3) is 10.9 Å². The fourth-order valence-electron chi connectivity index (χ4n) is 3.27. The van der Waals surface area contributed by atoms with Gasteiger partial charge in [0.1, 0.15) is 6.04 Å². The number of hydrogen-bond acceptors (Lipinski definition) is 5. The van der Waals surface area contributed by atoms with Crippen LogP contribution in [-0.2, 0) is 20.7 Å². The fraction of sp³-hybridized carbons (Fsp3) is 0.280. The van der Waals surface area contributed by atoms with E-state index in [9.17, 15) is 14.4 Å². The van der Waals surface area contributed by atoms with Crippen molar-refractivity contribution in [3.05, 3.63) is 71.9 Å². The number of esters is 1. The Morgan fingerprint density at radius 1 is 1.00 bits per heavy atom. The molecule has 0 spiro atoms. The van der Waals surface area contributed by atoms with Crippen molar-refractivity contribution in [2.24, 2.45) is 22.2 Å². The summed E-state index contributed by atoms with van der Waals surface area (Å²) in [6.07, 6.45) is 4.17. The Bertz CT molecular complexity index is 1140. The third kappa shape index (κ3) is 9.20. The maximum Gasteiger partial charge on any atom is 0.305 e. The van der Waals surface area contributed by atoms with Gasteiger partial charge in [-0.05, 0) is 36.6 Å². The molecule has 1 aromatic heterocycles. The standard InChI is InChI=1S/C18H17N3O2.C7H15N3O2/c19-17(22)16(21-18(23)12-6-2-1-3-7-12)10-13-11-20-15-9-5-4-8-14(13)15;1-12-6(11)4-2-3-5-10-7(8)9/h1-9,11,16,20H,10H2,(H2,19,22)(H,21,23);2-5H2,1H3,(H4,8,9,10). The number of rotatable bonds is 10. The number of H-pyrrole nitrogens is 1. The van der Waals surface area contributed by atoms with Gasteiger partial charge < -0.3 is 32.2 Å². The first-order valence-corrected chi connectivity index (χ1v) is 11.1. The van der Waals surface area contributed by atoms with Gasteiger partial charge in [-0.1, -0.05) is 36.4 Å². The summed E-state index contributed by atoms with van der Waals surface area (Å²) in [4.78, 5) is 41.5. The number of guanidine groups is 1. The molecule has 1 unspecified atom stereocenters. The molecule has 2 aromatic carbocycles. The van der Waals surface area contributed by atoms with E-state index in [-0.39, 0.29) is 17.8 Å². The van der Waals surface area contributed by atoms with Crippen molar-refractivity contribution >= 4 is 34.6 Å². The highest BCUT2D eigenvalue weighted by atomic mass is 16.5. The van der Waals surface area contributed by atoms with Gasteiger partial charge in [0, 0.05) is 42.0 Å². The molecule has 8 N–H and O–H groups in total. The number of benzene rings is 2. The lowest BCUT2D eigenvalue weighted by atomic mass is 10.0. The largest absolute Gasteiger partial charge is 0.469 e. The Labute approximate surface area is 203 Å². The Hall–Kier alpha value is -4.34. The van der Waals surface area contributed by atoms with Gasteiger partial charge in [-0.15, -0.1) is 0 Å². The van der Waals surface area contributed by atoms with E-state index in [1.165, 1.54) is 7.11 Å². The molecule has 0 saturated carbocycles. The van der Waals surface area contributed by atoms with Crippen LogP contribution in [0, 0.1) is 0 Å². The summed E-state index contributed by atoms with van der Waals surface area (Å²) in [7, 11) is 1.37. The van der Waals surface area contributed by atoms with Crippen molar-refractivity contribution in [3.63, 3.8) is 0 Å². The van der Waals surface area contributed by atoms with E-state index < -0.39 is 11.9 Å². The van der Waals surface area contributed by atoms with E-state index in [1.54, 1.807) is 24.3 Å². The molecule has 0 radical (unpaired) electrons. The second kappa shape index (κ2) is 14.0. The zero-order chi connectivity index (χ0) is 25.6. The SMILES string of the molecule is COC(=O)CCCCN=C(N)N.NC(=O)C(Cc1c[nH]c2ccccc12)NC(=O)c1ccccc1. The lowest BCUT2D eigenvalue weighted by molar-refractivity contribution is -0.140. The summed E-state index contributed by atoms with van der Waals surface area (Å²) in [6, 6.07) is 15.8. The first-order chi connectivity index (χ1) is 16.8. The Balaban J connectivity index is 0.000000307. The van der Waals surface area contributed by atoms with E-state index in [0.29, 0.717) is 24.9 Å². The van der Waals surface area contributed by atoms with Gasteiger partial charge in [-0.25, -0.2) is 0 Å². The molecule has 1 atom stereocenters. The van der Waals surface area contributed by atoms with Gasteiger partial charge in [0.25, 0.3) is 5.91 Å². The molecular weight excluding hydrogens is 448 g/mol. The van der Waals surface area contributed by atoms with E-state index in [2.05, 4.69) is 20.0 Å². The van der Waals surface area contributed by atoms with Gasteiger partial charge in [0.15, 0.2) is 5.96 Å². The summed E-state index contributed by atoms with van der Waals surface area (Å²) >= 11 is 0. The molecule has 10 heteroatoms. The quantitative estimate of drug-likeness (QED) is 0.127. The normalized spacial score (nSPS) is 11.0. The smallest absolute Gasteiger partial charge is 0.305 e. The summed E-state index contributed by atoms with van der Waals surface area (Å²) in [5.41, 5.74) is 18.1. The fourth-order valence-corrected chi connectivity index (χ4v) is 3.27. The average Bonchev–Trinajstić information content (AvgIpc) is 3.26. The predicted octanol–water partition coefficient (Wildman–Crippen LogP) is 1.60. The Kier molecular flexibility index (Phi) is 10.8. The maximum absolute atomic E-state index is 12.2. The number of carbonyl (C=O) groups excluding carboxylic acids is 3. The van der Waals surface area contributed by atoms with Crippen LogP contribution in [0.4, 0.5) is 0 Å². The van der Waals surface area contributed by atoms with Crippen LogP contribution in [0.15, 0.2) is 65.8 Å². The number of hydrogen-bond donors (Lipinski definition) is 5. The molecule has 0 aliphatic carbocycles. The topological polar surface area (TPSA) is 179 Å². The molecular formula is C25H32N6O4. The number of nitrogens with two attached hydrogens (primary N) is 3. The van der Waals surface area contributed by atoms with Gasteiger partial charge in [-0.3, -0.25) is 19.4 Å². The minimum Gasteiger partial charge on any atom is -0.469 e. The molecule has 2 amide bonds. The van der Waals surface area contributed by atoms with Crippen LogP contribution >= 0.6 is 0 Å². The van der Waals surface area contributed by atoms with Gasteiger partial charge in [0.2, 0.25) is 5.91 Å². The summed E-state index contributed by atoms with van der Waals surface area (Å²) in [6.45, 7) is 0.569. The maximum atomic E-state index is 12.2. The lowest BCUT2D eigenvalue weighted by Gasteiger charge is -2.15. The van der Waals surface area contributed by atoms with Gasteiger partial charge >= 0.3 is 5.97 Å². The predicted molar refractivity (Wildman–Crippen MR) is 135 cm³/mol. The number of fused-ring (bicyclic) bond motifs is 1. The zero-order valence-corrected chi connectivity index (χ0v) is 19.7. The molecule has 0 saturated heterocycles. The van der Waals surface area contributed by atoms with E-state index in [1.807, 2.05) is 36.5 Å². The second-order valence-electron chi connectivity index (χ2n) is 7.70. The lowest BCUT2D eigenvalue weighted by Crippen LogP contribution is -2.45. The first kappa shape index (κ1) is 26.9. The number of methoxy groups -OCH3 is 1. The number of aromatic nitrogens is 1. The highest BCUT2D eigenvalue weighted by Gasteiger charge is 2.20. The highest BCUT2D eigenvalue weighted by Crippen LogP contribution is 2.19. The molecule has 0 aliphatic rings. The number of amides is 2. The van der Waals surface area contributed by atoms with Crippen molar-refractivity contribution in [1.82, 2.24) is 10.3 Å². The monoisotopic (exact) mass is 480 g/mol. The number of nitrogens with one attached hydrogen (secondary N) is 2. The molecule has 186 valence electrons. The molecule has 0 bridgehead atoms. The minimum atomic E-state index is -0.762. The molecule has 1 heterocycles.